The molecule has 31 heavy (non-hydrogen) atoms. The fourth-order valence-electron chi connectivity index (χ4n) is 3.26. The van der Waals surface area contributed by atoms with E-state index in [0.717, 1.165) is 21.2 Å². The number of nitrogens with one attached hydrogen (secondary N) is 2. The van der Waals surface area contributed by atoms with Crippen molar-refractivity contribution in [1.29, 1.82) is 0 Å². The van der Waals surface area contributed by atoms with E-state index in [1.165, 1.54) is 23.5 Å². The third-order valence-electron chi connectivity index (χ3n) is 4.77. The van der Waals surface area contributed by atoms with Crippen molar-refractivity contribution in [1.82, 2.24) is 20.6 Å². The summed E-state index contributed by atoms with van der Waals surface area (Å²) in [5.41, 5.74) is 2.56. The zero-order valence-electron chi connectivity index (χ0n) is 16.4. The number of nitrogens with zero attached hydrogens (tertiary/aromatic N) is 3. The van der Waals surface area contributed by atoms with Crippen molar-refractivity contribution in [3.63, 3.8) is 0 Å². The SMILES string of the molecule is COc1cc2sc(C(=O)Nc3nn[nH]n3)c(C(S)c3ccc(C(=O)O)cc3)c2cc1C. The summed E-state index contributed by atoms with van der Waals surface area (Å²) in [6.07, 6.45) is 0. The molecule has 3 N–H and O–H groups in total. The van der Waals surface area contributed by atoms with Crippen LogP contribution in [0.5, 0.6) is 5.75 Å². The van der Waals surface area contributed by atoms with Crippen molar-refractivity contribution < 1.29 is 19.4 Å². The first kappa shape index (κ1) is 20.8. The number of thiol groups is 1. The maximum atomic E-state index is 13.1. The van der Waals surface area contributed by atoms with E-state index in [9.17, 15) is 9.59 Å². The van der Waals surface area contributed by atoms with Crippen LogP contribution in [0.4, 0.5) is 5.95 Å². The molecule has 11 heteroatoms. The van der Waals surface area contributed by atoms with Gasteiger partial charge in [0.1, 0.15) is 5.75 Å². The van der Waals surface area contributed by atoms with E-state index in [4.69, 9.17) is 22.5 Å². The van der Waals surface area contributed by atoms with Crippen molar-refractivity contribution in [2.45, 2.75) is 12.2 Å². The number of anilines is 1. The summed E-state index contributed by atoms with van der Waals surface area (Å²) in [5.74, 6) is -0.628. The quantitative estimate of drug-likeness (QED) is 0.326. The van der Waals surface area contributed by atoms with E-state index >= 15 is 0 Å². The number of thiophene rings is 1. The number of benzene rings is 2. The molecule has 158 valence electrons. The number of methoxy groups -OCH3 is 1. The largest absolute Gasteiger partial charge is 0.496 e. The molecule has 1 amide bonds. The molecule has 2 heterocycles. The standard InChI is InChI=1S/C20H17N5O4S2/c1-9-7-12-14(8-13(9)29-2)31-17(18(26)21-20-22-24-25-23-20)15(12)16(30)10-3-5-11(6-4-10)19(27)28/h3-8,16,30H,1-2H3,(H,27,28)(H2,21,22,23,24,25,26). The number of carbonyl (C=O) groups is 2. The molecular formula is C20H17N5O4S2. The number of fused-ring (bicyclic) bond motifs is 1. The summed E-state index contributed by atoms with van der Waals surface area (Å²) >= 11 is 6.10. The number of carboxylic acid groups (broad SMARTS) is 1. The summed E-state index contributed by atoms with van der Waals surface area (Å²) in [6.45, 7) is 1.92. The number of aromatic carboxylic acids is 1. The molecule has 0 spiro atoms. The molecule has 0 saturated heterocycles. The smallest absolute Gasteiger partial charge is 0.335 e. The highest BCUT2D eigenvalue weighted by molar-refractivity contribution is 7.80. The van der Waals surface area contributed by atoms with Crippen molar-refractivity contribution in [3.8, 4) is 5.75 Å². The Morgan fingerprint density at radius 2 is 2.00 bits per heavy atom. The monoisotopic (exact) mass is 455 g/mol. The molecule has 4 rings (SSSR count). The molecular weight excluding hydrogens is 438 g/mol. The van der Waals surface area contributed by atoms with Crippen molar-refractivity contribution in [2.24, 2.45) is 0 Å². The lowest BCUT2D eigenvalue weighted by molar-refractivity contribution is 0.0696. The molecule has 0 fully saturated rings. The minimum atomic E-state index is -1.01. The van der Waals surface area contributed by atoms with Gasteiger partial charge in [0.25, 0.3) is 11.9 Å². The van der Waals surface area contributed by atoms with Gasteiger partial charge in [0, 0.05) is 10.3 Å². The van der Waals surface area contributed by atoms with Gasteiger partial charge in [0.15, 0.2) is 0 Å². The summed E-state index contributed by atoms with van der Waals surface area (Å²) in [5, 5.41) is 25.4. The molecule has 0 aliphatic rings. The second-order valence-corrected chi connectivity index (χ2v) is 8.25. The first-order valence-electron chi connectivity index (χ1n) is 9.06. The third-order valence-corrected chi connectivity index (χ3v) is 6.49. The Morgan fingerprint density at radius 1 is 1.26 bits per heavy atom. The molecule has 0 saturated carbocycles. The van der Waals surface area contributed by atoms with Crippen LogP contribution in [-0.2, 0) is 0 Å². The van der Waals surface area contributed by atoms with Gasteiger partial charge < -0.3 is 9.84 Å². The van der Waals surface area contributed by atoms with Crippen LogP contribution in [0.25, 0.3) is 10.1 Å². The number of carbonyl (C=O) groups excluding carboxylic acids is 1. The molecule has 0 aliphatic heterocycles. The Kier molecular flexibility index (Phi) is 5.61. The number of aromatic nitrogens is 4. The van der Waals surface area contributed by atoms with Crippen LogP contribution in [0, 0.1) is 6.92 Å². The molecule has 4 aromatic rings. The number of ether oxygens (including phenoxy) is 1. The van der Waals surface area contributed by atoms with Gasteiger partial charge in [-0.2, -0.15) is 17.8 Å². The lowest BCUT2D eigenvalue weighted by Crippen LogP contribution is -2.14. The predicted molar refractivity (Wildman–Crippen MR) is 119 cm³/mol. The zero-order chi connectivity index (χ0) is 22.1. The molecule has 0 aliphatic carbocycles. The first-order chi connectivity index (χ1) is 14.9. The van der Waals surface area contributed by atoms with Gasteiger partial charge in [-0.05, 0) is 52.9 Å². The van der Waals surface area contributed by atoms with Crippen LogP contribution in [0.3, 0.4) is 0 Å². The van der Waals surface area contributed by atoms with Crippen LogP contribution in [0.2, 0.25) is 0 Å². The van der Waals surface area contributed by atoms with E-state index in [1.807, 2.05) is 19.1 Å². The maximum Gasteiger partial charge on any atom is 0.335 e. The zero-order valence-corrected chi connectivity index (χ0v) is 18.1. The van der Waals surface area contributed by atoms with Gasteiger partial charge in [-0.15, -0.1) is 16.4 Å². The van der Waals surface area contributed by atoms with Crippen LogP contribution in [0.15, 0.2) is 36.4 Å². The van der Waals surface area contributed by atoms with E-state index in [-0.39, 0.29) is 11.5 Å². The second kappa shape index (κ2) is 8.36. The Labute approximate surface area is 185 Å². The van der Waals surface area contributed by atoms with E-state index in [1.54, 1.807) is 19.2 Å². The normalized spacial score (nSPS) is 12.0. The lowest BCUT2D eigenvalue weighted by atomic mass is 9.98. The molecule has 1 atom stereocenters. The Bertz CT molecular complexity index is 1270. The third kappa shape index (κ3) is 3.97. The van der Waals surface area contributed by atoms with Gasteiger partial charge in [-0.3, -0.25) is 10.1 Å². The van der Waals surface area contributed by atoms with Crippen molar-refractivity contribution in [2.75, 3.05) is 12.4 Å². The molecule has 0 bridgehead atoms. The Morgan fingerprint density at radius 3 is 2.61 bits per heavy atom. The Hall–Kier alpha value is -3.44. The van der Waals surface area contributed by atoms with Crippen molar-refractivity contribution in [3.05, 3.63) is 63.5 Å². The minimum absolute atomic E-state index is 0.0590. The highest BCUT2D eigenvalue weighted by atomic mass is 32.1. The number of carboxylic acids is 1. The molecule has 2 aromatic carbocycles. The number of tetrazole rings is 1. The van der Waals surface area contributed by atoms with Crippen LogP contribution >= 0.6 is 24.0 Å². The van der Waals surface area contributed by atoms with E-state index < -0.39 is 17.1 Å². The summed E-state index contributed by atoms with van der Waals surface area (Å²) in [6, 6.07) is 10.3. The number of aromatic amines is 1. The number of hydrogen-bond acceptors (Lipinski definition) is 8. The van der Waals surface area contributed by atoms with Crippen molar-refractivity contribution >= 4 is 51.9 Å². The number of hydrogen-bond donors (Lipinski definition) is 4. The first-order valence-corrected chi connectivity index (χ1v) is 10.4. The fourth-order valence-corrected chi connectivity index (χ4v) is 4.93. The molecule has 2 aromatic heterocycles. The van der Waals surface area contributed by atoms with E-state index in [2.05, 4.69) is 25.9 Å². The molecule has 1 unspecified atom stereocenters. The number of aryl methyl sites for hydroxylation is 1. The van der Waals surface area contributed by atoms with E-state index in [0.29, 0.717) is 16.2 Å². The van der Waals surface area contributed by atoms with Crippen LogP contribution in [-0.4, -0.2) is 44.7 Å². The van der Waals surface area contributed by atoms with Gasteiger partial charge in [-0.25, -0.2) is 4.79 Å². The predicted octanol–water partition coefficient (Wildman–Crippen LogP) is 3.70. The van der Waals surface area contributed by atoms with Gasteiger partial charge in [0.05, 0.1) is 22.8 Å². The topological polar surface area (TPSA) is 130 Å². The number of rotatable bonds is 6. The molecule has 9 nitrogen and oxygen atoms in total. The summed E-state index contributed by atoms with van der Waals surface area (Å²) < 4.78 is 6.29. The van der Waals surface area contributed by atoms with Gasteiger partial charge in [0.2, 0.25) is 0 Å². The summed E-state index contributed by atoms with van der Waals surface area (Å²) in [4.78, 5) is 24.7. The highest BCUT2D eigenvalue weighted by Crippen LogP contribution is 2.43. The van der Waals surface area contributed by atoms with Gasteiger partial charge >= 0.3 is 5.97 Å². The lowest BCUT2D eigenvalue weighted by Gasteiger charge is -2.14. The minimum Gasteiger partial charge on any atom is -0.496 e. The molecule has 0 radical (unpaired) electrons. The summed E-state index contributed by atoms with van der Waals surface area (Å²) in [7, 11) is 1.60. The Balaban J connectivity index is 1.84. The second-order valence-electron chi connectivity index (χ2n) is 6.68. The van der Waals surface area contributed by atoms with Crippen LogP contribution in [0.1, 0.15) is 42.0 Å². The maximum absolute atomic E-state index is 13.1. The average Bonchev–Trinajstić information content (AvgIpc) is 3.40. The number of H-pyrrole nitrogens is 1. The number of amides is 1. The van der Waals surface area contributed by atoms with Crippen LogP contribution < -0.4 is 10.1 Å². The fraction of sp³-hybridized carbons (Fsp3) is 0.150. The highest BCUT2D eigenvalue weighted by Gasteiger charge is 2.26. The average molecular weight is 456 g/mol. The van der Waals surface area contributed by atoms with Gasteiger partial charge in [-0.1, -0.05) is 17.2 Å².